The van der Waals surface area contributed by atoms with Crippen molar-refractivity contribution in [1.82, 2.24) is 4.90 Å². The highest BCUT2D eigenvalue weighted by Crippen LogP contribution is 2.22. The number of hydrogen-bond acceptors (Lipinski definition) is 5. The van der Waals surface area contributed by atoms with Crippen LogP contribution in [0.4, 0.5) is 0 Å². The molecule has 0 aliphatic carbocycles. The van der Waals surface area contributed by atoms with Crippen molar-refractivity contribution in [3.05, 3.63) is 23.8 Å². The molecule has 0 aromatic heterocycles. The van der Waals surface area contributed by atoms with Gasteiger partial charge in [-0.05, 0) is 38.2 Å². The Kier molecular flexibility index (Phi) is 4.69. The lowest BCUT2D eigenvalue weighted by Gasteiger charge is -2.15. The number of nitrogens with two attached hydrogens (primary N) is 2. The van der Waals surface area contributed by atoms with Crippen molar-refractivity contribution in [3.8, 4) is 0 Å². The zero-order chi connectivity index (χ0) is 14.8. The first kappa shape index (κ1) is 16.1. The summed E-state index contributed by atoms with van der Waals surface area (Å²) in [4.78, 5) is 1.38. The van der Waals surface area contributed by atoms with Crippen molar-refractivity contribution < 1.29 is 16.8 Å². The summed E-state index contributed by atoms with van der Waals surface area (Å²) in [5.41, 5.74) is 0.126. The highest BCUT2D eigenvalue weighted by molar-refractivity contribution is 7.90. The van der Waals surface area contributed by atoms with Crippen molar-refractivity contribution in [2.24, 2.45) is 10.3 Å². The predicted molar refractivity (Wildman–Crippen MR) is 71.4 cm³/mol. The molecule has 1 rings (SSSR count). The summed E-state index contributed by atoms with van der Waals surface area (Å²) in [6, 6.07) is 3.85. The van der Waals surface area contributed by atoms with Crippen LogP contribution in [0.3, 0.4) is 0 Å². The predicted octanol–water partition coefficient (Wildman–Crippen LogP) is -0.914. The van der Waals surface area contributed by atoms with Gasteiger partial charge in [-0.1, -0.05) is 6.07 Å². The molecule has 1 aromatic rings. The molecule has 0 saturated heterocycles. The van der Waals surface area contributed by atoms with Crippen LogP contribution in [0.1, 0.15) is 5.56 Å². The largest absolute Gasteiger partial charge is 0.309 e. The first-order chi connectivity index (χ1) is 8.53. The SMILES string of the molecule is CN(C)CCc1c(S(N)(=O)=O)cccc1S(N)(=O)=O. The van der Waals surface area contributed by atoms with Crippen molar-refractivity contribution >= 4 is 20.0 Å². The molecule has 0 aliphatic rings. The molecule has 0 spiro atoms. The fraction of sp³-hybridized carbons (Fsp3) is 0.400. The van der Waals surface area contributed by atoms with Gasteiger partial charge >= 0.3 is 0 Å². The zero-order valence-electron chi connectivity index (χ0n) is 10.7. The maximum atomic E-state index is 11.5. The number of likely N-dealkylation sites (N-methyl/N-ethyl adjacent to an activating group) is 1. The minimum absolute atomic E-state index is 0.126. The van der Waals surface area contributed by atoms with E-state index in [1.54, 1.807) is 19.0 Å². The van der Waals surface area contributed by atoms with E-state index >= 15 is 0 Å². The molecule has 0 heterocycles. The fourth-order valence-electron chi connectivity index (χ4n) is 1.66. The Morgan fingerprint density at radius 2 is 1.42 bits per heavy atom. The lowest BCUT2D eigenvalue weighted by atomic mass is 10.1. The van der Waals surface area contributed by atoms with Gasteiger partial charge in [0.15, 0.2) is 0 Å². The van der Waals surface area contributed by atoms with Crippen molar-refractivity contribution in [3.63, 3.8) is 0 Å². The molecule has 0 amide bonds. The monoisotopic (exact) mass is 307 g/mol. The van der Waals surface area contributed by atoms with Gasteiger partial charge in [-0.15, -0.1) is 0 Å². The molecule has 1 aromatic carbocycles. The first-order valence-electron chi connectivity index (χ1n) is 5.35. The lowest BCUT2D eigenvalue weighted by molar-refractivity contribution is 0.411. The molecule has 4 N–H and O–H groups in total. The number of sulfonamides is 2. The number of rotatable bonds is 5. The quantitative estimate of drug-likeness (QED) is 0.728. The molecule has 7 nitrogen and oxygen atoms in total. The van der Waals surface area contributed by atoms with Crippen LogP contribution in [0.15, 0.2) is 28.0 Å². The summed E-state index contributed by atoms with van der Waals surface area (Å²) < 4.78 is 46.0. The van der Waals surface area contributed by atoms with Gasteiger partial charge in [-0.25, -0.2) is 27.1 Å². The number of nitrogens with zero attached hydrogens (tertiary/aromatic N) is 1. The third-order valence-corrected chi connectivity index (χ3v) is 4.50. The van der Waals surface area contributed by atoms with Crippen LogP contribution < -0.4 is 10.3 Å². The van der Waals surface area contributed by atoms with E-state index in [9.17, 15) is 16.8 Å². The molecule has 0 bridgehead atoms. The lowest BCUT2D eigenvalue weighted by Crippen LogP contribution is -2.23. The second-order valence-electron chi connectivity index (χ2n) is 4.38. The topological polar surface area (TPSA) is 124 Å². The molecule has 0 atom stereocenters. The van der Waals surface area contributed by atoms with Gasteiger partial charge in [0.1, 0.15) is 0 Å². The van der Waals surface area contributed by atoms with Gasteiger partial charge in [0.2, 0.25) is 20.0 Å². The second-order valence-corrected chi connectivity index (χ2v) is 7.44. The Balaban J connectivity index is 3.50. The van der Waals surface area contributed by atoms with Crippen LogP contribution in [0, 0.1) is 0 Å². The molecule has 19 heavy (non-hydrogen) atoms. The van der Waals surface area contributed by atoms with Gasteiger partial charge in [0, 0.05) is 6.54 Å². The number of hydrogen-bond donors (Lipinski definition) is 2. The smallest absolute Gasteiger partial charge is 0.238 e. The van der Waals surface area contributed by atoms with E-state index in [4.69, 9.17) is 10.3 Å². The Bertz CT molecular complexity index is 616. The summed E-state index contributed by atoms with van der Waals surface area (Å²) in [5.74, 6) is 0. The third-order valence-electron chi connectivity index (χ3n) is 2.51. The van der Waals surface area contributed by atoms with E-state index in [1.165, 1.54) is 18.2 Å². The molecule has 108 valence electrons. The average Bonchev–Trinajstić information content (AvgIpc) is 2.23. The second kappa shape index (κ2) is 5.55. The average molecular weight is 307 g/mol. The summed E-state index contributed by atoms with van der Waals surface area (Å²) in [5, 5.41) is 10.2. The molecule has 0 fully saturated rings. The van der Waals surface area contributed by atoms with E-state index < -0.39 is 20.0 Å². The molecular formula is C10H17N3O4S2. The van der Waals surface area contributed by atoms with Crippen LogP contribution in [-0.4, -0.2) is 42.4 Å². The third kappa shape index (κ3) is 4.25. The van der Waals surface area contributed by atoms with Gasteiger partial charge in [-0.3, -0.25) is 0 Å². The van der Waals surface area contributed by atoms with Crippen LogP contribution >= 0.6 is 0 Å². The molecule has 0 saturated carbocycles. The van der Waals surface area contributed by atoms with E-state index in [-0.39, 0.29) is 21.8 Å². The first-order valence-corrected chi connectivity index (χ1v) is 8.45. The Hall–Kier alpha value is -1.00. The summed E-state index contributed by atoms with van der Waals surface area (Å²) in [6.45, 7) is 0.467. The Morgan fingerprint density at radius 3 is 1.74 bits per heavy atom. The fourth-order valence-corrected chi connectivity index (χ4v) is 3.37. The molecule has 0 unspecified atom stereocenters. The molecule has 0 aliphatic heterocycles. The normalized spacial score (nSPS) is 12.9. The minimum Gasteiger partial charge on any atom is -0.309 e. The van der Waals surface area contributed by atoms with E-state index in [1.807, 2.05) is 0 Å². The van der Waals surface area contributed by atoms with Crippen LogP contribution in [0.5, 0.6) is 0 Å². The summed E-state index contributed by atoms with van der Waals surface area (Å²) >= 11 is 0. The van der Waals surface area contributed by atoms with Gasteiger partial charge in [0.05, 0.1) is 9.79 Å². The van der Waals surface area contributed by atoms with Crippen LogP contribution in [0.2, 0.25) is 0 Å². The van der Waals surface area contributed by atoms with Gasteiger partial charge < -0.3 is 4.90 Å². The molecule has 9 heteroatoms. The molecular weight excluding hydrogens is 290 g/mol. The van der Waals surface area contributed by atoms with Crippen molar-refractivity contribution in [1.29, 1.82) is 0 Å². The number of benzene rings is 1. The van der Waals surface area contributed by atoms with Crippen LogP contribution in [-0.2, 0) is 26.5 Å². The van der Waals surface area contributed by atoms with Crippen molar-refractivity contribution in [2.45, 2.75) is 16.2 Å². The Labute approximate surface area is 113 Å². The summed E-state index contributed by atoms with van der Waals surface area (Å²) in [6.07, 6.45) is 0.214. The van der Waals surface area contributed by atoms with Crippen molar-refractivity contribution in [2.75, 3.05) is 20.6 Å². The highest BCUT2D eigenvalue weighted by atomic mass is 32.2. The molecule has 0 radical (unpaired) electrons. The van der Waals surface area contributed by atoms with E-state index in [0.29, 0.717) is 6.54 Å². The van der Waals surface area contributed by atoms with Gasteiger partial charge in [0.25, 0.3) is 0 Å². The van der Waals surface area contributed by atoms with Crippen LogP contribution in [0.25, 0.3) is 0 Å². The zero-order valence-corrected chi connectivity index (χ0v) is 12.3. The highest BCUT2D eigenvalue weighted by Gasteiger charge is 2.22. The number of primary sulfonamides is 2. The maximum absolute atomic E-state index is 11.5. The van der Waals surface area contributed by atoms with E-state index in [2.05, 4.69) is 0 Å². The van der Waals surface area contributed by atoms with E-state index in [0.717, 1.165) is 0 Å². The summed E-state index contributed by atoms with van der Waals surface area (Å²) in [7, 11) is -4.43. The maximum Gasteiger partial charge on any atom is 0.238 e. The Morgan fingerprint density at radius 1 is 1.00 bits per heavy atom. The minimum atomic E-state index is -4.00. The van der Waals surface area contributed by atoms with Gasteiger partial charge in [-0.2, -0.15) is 0 Å². The standard InChI is InChI=1S/C10H17N3O4S2/c1-13(2)7-6-8-9(18(11,14)15)4-3-5-10(8)19(12,16)17/h3-5H,6-7H2,1-2H3,(H2,11,14,15)(H2,12,16,17).